The highest BCUT2D eigenvalue weighted by molar-refractivity contribution is 5.76. The zero-order valence-corrected chi connectivity index (χ0v) is 9.37. The first-order valence-corrected chi connectivity index (χ1v) is 4.80. The first-order chi connectivity index (χ1) is 6.47. The van der Waals surface area contributed by atoms with Crippen LogP contribution >= 0.6 is 0 Å². The van der Waals surface area contributed by atoms with E-state index < -0.39 is 0 Å². The molecule has 4 nitrogen and oxygen atoms in total. The third-order valence-corrected chi connectivity index (χ3v) is 1.81. The van der Waals surface area contributed by atoms with E-state index in [9.17, 15) is 4.79 Å². The molecule has 14 heavy (non-hydrogen) atoms. The molecule has 0 aromatic rings. The van der Waals surface area contributed by atoms with E-state index in [1.165, 1.54) is 4.90 Å². The maximum Gasteiger partial charge on any atom is 0.224 e. The lowest BCUT2D eigenvalue weighted by molar-refractivity contribution is -0.128. The quantitative estimate of drug-likeness (QED) is 0.702. The first kappa shape index (κ1) is 12.9. The molecule has 0 aliphatic carbocycles. The summed E-state index contributed by atoms with van der Waals surface area (Å²) in [5.41, 5.74) is 0. The number of hydrogen-bond acceptors (Lipinski definition) is 3. The fourth-order valence-electron chi connectivity index (χ4n) is 0.899. The van der Waals surface area contributed by atoms with E-state index in [2.05, 4.69) is 25.2 Å². The summed E-state index contributed by atoms with van der Waals surface area (Å²) in [4.78, 5) is 12.8. The molecule has 0 saturated heterocycles. The van der Waals surface area contributed by atoms with Crippen LogP contribution in [0.2, 0.25) is 0 Å². The van der Waals surface area contributed by atoms with Crippen LogP contribution in [0.25, 0.3) is 0 Å². The second-order valence-electron chi connectivity index (χ2n) is 3.98. The zero-order chi connectivity index (χ0) is 11.1. The summed E-state index contributed by atoms with van der Waals surface area (Å²) in [6, 6.07) is 1.72. The van der Waals surface area contributed by atoms with Crippen LogP contribution in [0.3, 0.4) is 0 Å². The third kappa shape index (κ3) is 5.55. The molecule has 0 bridgehead atoms. The van der Waals surface area contributed by atoms with Crippen LogP contribution in [0.15, 0.2) is 0 Å². The van der Waals surface area contributed by atoms with E-state index in [-0.39, 0.29) is 18.4 Å². The van der Waals surface area contributed by atoms with Gasteiger partial charge in [-0.05, 0) is 12.5 Å². The molecule has 0 spiro atoms. The minimum absolute atomic E-state index is 0.0205. The van der Waals surface area contributed by atoms with Gasteiger partial charge in [-0.1, -0.05) is 13.8 Å². The van der Waals surface area contributed by atoms with Crippen molar-refractivity contribution in [1.29, 1.82) is 5.26 Å². The Bertz CT molecular complexity index is 218. The highest BCUT2D eigenvalue weighted by Crippen LogP contribution is 1.96. The number of amides is 1. The van der Waals surface area contributed by atoms with Crippen molar-refractivity contribution in [3.05, 3.63) is 0 Å². The fraction of sp³-hybridized carbons (Fsp3) is 0.800. The Hall–Kier alpha value is -1.08. The molecule has 0 rings (SSSR count). The summed E-state index contributed by atoms with van der Waals surface area (Å²) in [5, 5.41) is 11.8. The summed E-state index contributed by atoms with van der Waals surface area (Å²) < 4.78 is 0. The minimum atomic E-state index is -0.368. The fourth-order valence-corrected chi connectivity index (χ4v) is 0.899. The monoisotopic (exact) mass is 197 g/mol. The van der Waals surface area contributed by atoms with Crippen LogP contribution in [-0.4, -0.2) is 37.5 Å². The van der Waals surface area contributed by atoms with Crippen molar-refractivity contribution in [1.82, 2.24) is 10.2 Å². The predicted octanol–water partition coefficient (Wildman–Crippen LogP) is 0.602. The van der Waals surface area contributed by atoms with E-state index in [4.69, 9.17) is 5.26 Å². The van der Waals surface area contributed by atoms with E-state index >= 15 is 0 Å². The summed E-state index contributed by atoms with van der Waals surface area (Å²) >= 11 is 0. The number of carbonyl (C=O) groups is 1. The van der Waals surface area contributed by atoms with Gasteiger partial charge in [-0.15, -0.1) is 0 Å². The molecular weight excluding hydrogens is 178 g/mol. The lowest BCUT2D eigenvalue weighted by Crippen LogP contribution is -2.36. The molecular formula is C10H19N3O. The van der Waals surface area contributed by atoms with Crippen molar-refractivity contribution < 1.29 is 4.79 Å². The molecule has 0 aromatic carbocycles. The normalized spacial score (nSPS) is 12.3. The van der Waals surface area contributed by atoms with Gasteiger partial charge in [0.05, 0.1) is 12.5 Å². The Kier molecular flexibility index (Phi) is 5.89. The lowest BCUT2D eigenvalue weighted by Gasteiger charge is -2.15. The average molecular weight is 197 g/mol. The number of rotatable bonds is 5. The van der Waals surface area contributed by atoms with Crippen LogP contribution < -0.4 is 5.32 Å². The molecule has 0 aromatic heterocycles. The molecule has 1 amide bonds. The maximum atomic E-state index is 11.3. The Balaban J connectivity index is 3.93. The largest absolute Gasteiger partial charge is 0.349 e. The van der Waals surface area contributed by atoms with Gasteiger partial charge in [0.2, 0.25) is 5.91 Å². The van der Waals surface area contributed by atoms with Gasteiger partial charge in [0, 0.05) is 14.1 Å². The number of nitrogens with zero attached hydrogens (tertiary/aromatic N) is 2. The number of carbonyl (C=O) groups excluding carboxylic acids is 1. The van der Waals surface area contributed by atoms with Crippen LogP contribution in [0.1, 0.15) is 20.3 Å². The molecule has 0 heterocycles. The van der Waals surface area contributed by atoms with Crippen molar-refractivity contribution in [3.8, 4) is 6.07 Å². The van der Waals surface area contributed by atoms with Gasteiger partial charge < -0.3 is 10.2 Å². The molecule has 4 heteroatoms. The molecule has 0 aliphatic rings. The van der Waals surface area contributed by atoms with Gasteiger partial charge in [0.25, 0.3) is 0 Å². The smallest absolute Gasteiger partial charge is 0.224 e. The highest BCUT2D eigenvalue weighted by Gasteiger charge is 2.13. The third-order valence-electron chi connectivity index (χ3n) is 1.81. The van der Waals surface area contributed by atoms with Crippen LogP contribution in [-0.2, 0) is 4.79 Å². The summed E-state index contributed by atoms with van der Waals surface area (Å²) in [6.45, 7) is 4.89. The second kappa shape index (κ2) is 6.39. The number of nitrogens with one attached hydrogen (secondary N) is 1. The standard InChI is InChI=1S/C10H19N3O/c1-8(2)7-12-9(6-11)5-10(14)13(3)4/h8-9,12H,5,7H2,1-4H3. The van der Waals surface area contributed by atoms with Crippen LogP contribution in [0.4, 0.5) is 0 Å². The Morgan fingerprint density at radius 2 is 2.07 bits per heavy atom. The van der Waals surface area contributed by atoms with E-state index in [1.807, 2.05) is 0 Å². The molecule has 0 aliphatic heterocycles. The van der Waals surface area contributed by atoms with Crippen molar-refractivity contribution in [2.75, 3.05) is 20.6 Å². The predicted molar refractivity (Wildman–Crippen MR) is 55.6 cm³/mol. The SMILES string of the molecule is CC(C)CNC(C#N)CC(=O)N(C)C. The number of nitriles is 1. The second-order valence-corrected chi connectivity index (χ2v) is 3.98. The van der Waals surface area contributed by atoms with Gasteiger partial charge in [-0.25, -0.2) is 0 Å². The Morgan fingerprint density at radius 1 is 1.50 bits per heavy atom. The van der Waals surface area contributed by atoms with Gasteiger partial charge in [-0.3, -0.25) is 4.79 Å². The Labute approximate surface area is 85.9 Å². The van der Waals surface area contributed by atoms with Crippen molar-refractivity contribution >= 4 is 5.91 Å². The lowest BCUT2D eigenvalue weighted by atomic mass is 10.1. The molecule has 1 N–H and O–H groups in total. The summed E-state index contributed by atoms with van der Waals surface area (Å²) in [5.74, 6) is 0.466. The van der Waals surface area contributed by atoms with Gasteiger partial charge >= 0.3 is 0 Å². The topological polar surface area (TPSA) is 56.1 Å². The molecule has 1 unspecified atom stereocenters. The molecule has 80 valence electrons. The van der Waals surface area contributed by atoms with Crippen LogP contribution in [0.5, 0.6) is 0 Å². The van der Waals surface area contributed by atoms with Gasteiger partial charge in [0.15, 0.2) is 0 Å². The summed E-state index contributed by atoms with van der Waals surface area (Å²) in [7, 11) is 3.39. The zero-order valence-electron chi connectivity index (χ0n) is 9.37. The molecule has 0 fully saturated rings. The van der Waals surface area contributed by atoms with Crippen molar-refractivity contribution in [3.63, 3.8) is 0 Å². The van der Waals surface area contributed by atoms with Crippen molar-refractivity contribution in [2.24, 2.45) is 5.92 Å². The first-order valence-electron chi connectivity index (χ1n) is 4.80. The van der Waals surface area contributed by atoms with Crippen LogP contribution in [0, 0.1) is 17.2 Å². The van der Waals surface area contributed by atoms with Gasteiger partial charge in [0.1, 0.15) is 6.04 Å². The molecule has 0 radical (unpaired) electrons. The van der Waals surface area contributed by atoms with E-state index in [0.29, 0.717) is 5.92 Å². The highest BCUT2D eigenvalue weighted by atomic mass is 16.2. The average Bonchev–Trinajstić information content (AvgIpc) is 2.11. The van der Waals surface area contributed by atoms with Gasteiger partial charge in [-0.2, -0.15) is 5.26 Å². The summed E-state index contributed by atoms with van der Waals surface area (Å²) in [6.07, 6.45) is 0.246. The Morgan fingerprint density at radius 3 is 2.43 bits per heavy atom. The molecule has 0 saturated carbocycles. The molecule has 1 atom stereocenters. The van der Waals surface area contributed by atoms with E-state index in [1.54, 1.807) is 14.1 Å². The van der Waals surface area contributed by atoms with Crippen molar-refractivity contribution in [2.45, 2.75) is 26.3 Å². The number of hydrogen-bond donors (Lipinski definition) is 1. The minimum Gasteiger partial charge on any atom is -0.349 e. The van der Waals surface area contributed by atoms with E-state index in [0.717, 1.165) is 6.54 Å². The maximum absolute atomic E-state index is 11.3.